The Morgan fingerprint density at radius 1 is 1.10 bits per heavy atom. The molecule has 2 heteroatoms. The summed E-state index contributed by atoms with van der Waals surface area (Å²) in [5.41, 5.74) is 11.7. The van der Waals surface area contributed by atoms with Crippen molar-refractivity contribution in [3.05, 3.63) is 59.2 Å². The third-order valence-corrected chi connectivity index (χ3v) is 3.85. The molecule has 0 bridgehead atoms. The molecule has 0 amide bonds. The van der Waals surface area contributed by atoms with Gasteiger partial charge in [0.05, 0.1) is 11.4 Å². The third-order valence-electron chi connectivity index (χ3n) is 3.85. The maximum absolute atomic E-state index is 6.00. The molecule has 0 fully saturated rings. The number of rotatable bonds is 5. The highest BCUT2D eigenvalue weighted by molar-refractivity contribution is 5.66. The van der Waals surface area contributed by atoms with Gasteiger partial charge in [-0.3, -0.25) is 0 Å². The van der Waals surface area contributed by atoms with Gasteiger partial charge in [0, 0.05) is 6.54 Å². The van der Waals surface area contributed by atoms with E-state index in [9.17, 15) is 0 Å². The molecule has 2 aromatic carbocycles. The SMILES string of the molecule is CCC(C)c1ccc(CNc2ccc(C)cc2N)cc1. The van der Waals surface area contributed by atoms with Gasteiger partial charge in [-0.05, 0) is 48.1 Å². The number of benzene rings is 2. The van der Waals surface area contributed by atoms with Gasteiger partial charge in [0.1, 0.15) is 0 Å². The highest BCUT2D eigenvalue weighted by Crippen LogP contribution is 2.22. The fourth-order valence-electron chi connectivity index (χ4n) is 2.24. The van der Waals surface area contributed by atoms with Gasteiger partial charge in [-0.2, -0.15) is 0 Å². The predicted octanol–water partition coefficient (Wildman–Crippen LogP) is 4.70. The lowest BCUT2D eigenvalue weighted by atomic mass is 9.98. The van der Waals surface area contributed by atoms with E-state index >= 15 is 0 Å². The van der Waals surface area contributed by atoms with Gasteiger partial charge >= 0.3 is 0 Å². The Kier molecular flexibility index (Phi) is 4.67. The smallest absolute Gasteiger partial charge is 0.0576 e. The summed E-state index contributed by atoms with van der Waals surface area (Å²) in [6.07, 6.45) is 1.18. The minimum atomic E-state index is 0.629. The zero-order valence-electron chi connectivity index (χ0n) is 12.6. The Balaban J connectivity index is 2.00. The lowest BCUT2D eigenvalue weighted by Crippen LogP contribution is -2.03. The zero-order chi connectivity index (χ0) is 14.5. The monoisotopic (exact) mass is 268 g/mol. The molecule has 3 N–H and O–H groups in total. The van der Waals surface area contributed by atoms with Crippen LogP contribution in [-0.4, -0.2) is 0 Å². The molecule has 0 aliphatic rings. The van der Waals surface area contributed by atoms with E-state index in [1.54, 1.807) is 0 Å². The van der Waals surface area contributed by atoms with E-state index in [-0.39, 0.29) is 0 Å². The number of nitrogens with two attached hydrogens (primary N) is 1. The molecule has 0 radical (unpaired) electrons. The highest BCUT2D eigenvalue weighted by atomic mass is 14.9. The van der Waals surface area contributed by atoms with Gasteiger partial charge in [0.2, 0.25) is 0 Å². The van der Waals surface area contributed by atoms with Crippen LogP contribution in [0.15, 0.2) is 42.5 Å². The molecule has 0 spiro atoms. The molecular weight excluding hydrogens is 244 g/mol. The Bertz CT molecular complexity index is 558. The van der Waals surface area contributed by atoms with Gasteiger partial charge < -0.3 is 11.1 Å². The van der Waals surface area contributed by atoms with Crippen LogP contribution >= 0.6 is 0 Å². The van der Waals surface area contributed by atoms with Crippen molar-refractivity contribution in [3.8, 4) is 0 Å². The molecule has 1 unspecified atom stereocenters. The van der Waals surface area contributed by atoms with Gasteiger partial charge in [0.25, 0.3) is 0 Å². The van der Waals surface area contributed by atoms with Crippen molar-refractivity contribution in [2.75, 3.05) is 11.1 Å². The molecule has 0 aromatic heterocycles. The zero-order valence-corrected chi connectivity index (χ0v) is 12.6. The average molecular weight is 268 g/mol. The van der Waals surface area contributed by atoms with Crippen molar-refractivity contribution >= 4 is 11.4 Å². The van der Waals surface area contributed by atoms with Crippen molar-refractivity contribution in [2.24, 2.45) is 0 Å². The molecule has 0 aliphatic heterocycles. The summed E-state index contributed by atoms with van der Waals surface area (Å²) in [6.45, 7) is 7.34. The second-order valence-electron chi connectivity index (χ2n) is 5.50. The molecule has 2 aromatic rings. The number of nitrogen functional groups attached to an aromatic ring is 1. The molecule has 2 nitrogen and oxygen atoms in total. The normalized spacial score (nSPS) is 12.2. The molecule has 0 aliphatic carbocycles. The summed E-state index contributed by atoms with van der Waals surface area (Å²) in [5.74, 6) is 0.629. The van der Waals surface area contributed by atoms with Crippen molar-refractivity contribution in [3.63, 3.8) is 0 Å². The molecule has 2 rings (SSSR count). The van der Waals surface area contributed by atoms with E-state index < -0.39 is 0 Å². The van der Waals surface area contributed by atoms with Crippen LogP contribution in [-0.2, 0) is 6.54 Å². The van der Waals surface area contributed by atoms with Crippen LogP contribution in [0.2, 0.25) is 0 Å². The van der Waals surface area contributed by atoms with Gasteiger partial charge in [-0.15, -0.1) is 0 Å². The number of hydrogen-bond acceptors (Lipinski definition) is 2. The van der Waals surface area contributed by atoms with Crippen LogP contribution in [0, 0.1) is 6.92 Å². The molecule has 106 valence electrons. The van der Waals surface area contributed by atoms with E-state index in [0.717, 1.165) is 17.9 Å². The summed E-state index contributed by atoms with van der Waals surface area (Å²) < 4.78 is 0. The average Bonchev–Trinajstić information content (AvgIpc) is 2.46. The van der Waals surface area contributed by atoms with Crippen molar-refractivity contribution in [2.45, 2.75) is 39.7 Å². The fraction of sp³-hybridized carbons (Fsp3) is 0.333. The molecule has 20 heavy (non-hydrogen) atoms. The molecule has 1 atom stereocenters. The van der Waals surface area contributed by atoms with Gasteiger partial charge in [-0.1, -0.05) is 44.2 Å². The van der Waals surface area contributed by atoms with E-state index in [1.807, 2.05) is 19.1 Å². The summed E-state index contributed by atoms with van der Waals surface area (Å²) in [7, 11) is 0. The van der Waals surface area contributed by atoms with Gasteiger partial charge in [-0.25, -0.2) is 0 Å². The minimum Gasteiger partial charge on any atom is -0.397 e. The van der Waals surface area contributed by atoms with Crippen LogP contribution in [0.25, 0.3) is 0 Å². The molecular formula is C18H24N2. The highest BCUT2D eigenvalue weighted by Gasteiger charge is 2.03. The van der Waals surface area contributed by atoms with E-state index in [0.29, 0.717) is 5.92 Å². The molecule has 0 saturated heterocycles. The standard InChI is InChI=1S/C18H24N2/c1-4-14(3)16-8-6-15(7-9-16)12-20-18-10-5-13(2)11-17(18)19/h5-11,14,20H,4,12,19H2,1-3H3. The molecule has 0 heterocycles. The largest absolute Gasteiger partial charge is 0.397 e. The van der Waals surface area contributed by atoms with Crippen LogP contribution in [0.4, 0.5) is 11.4 Å². The lowest BCUT2D eigenvalue weighted by molar-refractivity contribution is 0.733. The topological polar surface area (TPSA) is 38.0 Å². The Labute approximate surface area is 122 Å². The number of aryl methyl sites for hydroxylation is 1. The Morgan fingerprint density at radius 2 is 1.80 bits per heavy atom. The number of anilines is 2. The van der Waals surface area contributed by atoms with Gasteiger partial charge in [0.15, 0.2) is 0 Å². The fourth-order valence-corrected chi connectivity index (χ4v) is 2.24. The quantitative estimate of drug-likeness (QED) is 0.771. The predicted molar refractivity (Wildman–Crippen MR) is 88.1 cm³/mol. The maximum atomic E-state index is 6.00. The van der Waals surface area contributed by atoms with Crippen molar-refractivity contribution in [1.29, 1.82) is 0 Å². The first-order chi connectivity index (χ1) is 9.60. The first-order valence-corrected chi connectivity index (χ1v) is 7.29. The van der Waals surface area contributed by atoms with Crippen LogP contribution < -0.4 is 11.1 Å². The number of nitrogens with one attached hydrogen (secondary N) is 1. The van der Waals surface area contributed by atoms with Crippen molar-refractivity contribution in [1.82, 2.24) is 0 Å². The second-order valence-corrected chi connectivity index (χ2v) is 5.50. The summed E-state index contributed by atoms with van der Waals surface area (Å²) in [5, 5.41) is 3.39. The lowest BCUT2D eigenvalue weighted by Gasteiger charge is -2.12. The Morgan fingerprint density at radius 3 is 2.40 bits per heavy atom. The van der Waals surface area contributed by atoms with Crippen LogP contribution in [0.3, 0.4) is 0 Å². The minimum absolute atomic E-state index is 0.629. The van der Waals surface area contributed by atoms with E-state index in [2.05, 4.69) is 49.5 Å². The summed E-state index contributed by atoms with van der Waals surface area (Å²) in [6, 6.07) is 14.9. The summed E-state index contributed by atoms with van der Waals surface area (Å²) >= 11 is 0. The molecule has 0 saturated carbocycles. The third kappa shape index (κ3) is 3.53. The first kappa shape index (κ1) is 14.4. The van der Waals surface area contributed by atoms with E-state index in [1.165, 1.54) is 23.1 Å². The van der Waals surface area contributed by atoms with E-state index in [4.69, 9.17) is 5.73 Å². The van der Waals surface area contributed by atoms with Crippen LogP contribution in [0.5, 0.6) is 0 Å². The summed E-state index contributed by atoms with van der Waals surface area (Å²) in [4.78, 5) is 0. The Hall–Kier alpha value is -1.96. The van der Waals surface area contributed by atoms with Crippen molar-refractivity contribution < 1.29 is 0 Å². The number of hydrogen-bond donors (Lipinski definition) is 2. The maximum Gasteiger partial charge on any atom is 0.0576 e. The second kappa shape index (κ2) is 6.47. The first-order valence-electron chi connectivity index (χ1n) is 7.29. The van der Waals surface area contributed by atoms with Crippen LogP contribution in [0.1, 0.15) is 42.9 Å².